The van der Waals surface area contributed by atoms with E-state index in [4.69, 9.17) is 0 Å². The molecule has 4 amide bonds. The fourth-order valence-electron chi connectivity index (χ4n) is 4.25. The highest BCUT2D eigenvalue weighted by Crippen LogP contribution is 2.26. The van der Waals surface area contributed by atoms with Crippen LogP contribution in [0.1, 0.15) is 33.6 Å². The van der Waals surface area contributed by atoms with Gasteiger partial charge in [0, 0.05) is 31.0 Å². The Balaban J connectivity index is 1.55. The highest BCUT2D eigenvalue weighted by molar-refractivity contribution is 6.04. The summed E-state index contributed by atoms with van der Waals surface area (Å²) in [6.07, 6.45) is 1.91. The maximum absolute atomic E-state index is 13.1. The zero-order valence-electron chi connectivity index (χ0n) is 19.9. The van der Waals surface area contributed by atoms with Crippen LogP contribution in [0.15, 0.2) is 48.5 Å². The fourth-order valence-corrected chi connectivity index (χ4v) is 4.25. The van der Waals surface area contributed by atoms with Gasteiger partial charge in [-0.3, -0.25) is 14.5 Å². The number of urea groups is 1. The maximum Gasteiger partial charge on any atom is 0.324 e. The number of H-pyrrole nitrogens is 1. The summed E-state index contributed by atoms with van der Waals surface area (Å²) in [4.78, 5) is 43.5. The minimum atomic E-state index is -0.494. The summed E-state index contributed by atoms with van der Waals surface area (Å²) >= 11 is 0. The Bertz CT molecular complexity index is 1200. The Hall–Kier alpha value is -3.65. The van der Waals surface area contributed by atoms with E-state index < -0.39 is 6.04 Å². The molecule has 3 N–H and O–H groups in total. The summed E-state index contributed by atoms with van der Waals surface area (Å²) in [6.45, 7) is 1.27. The zero-order chi connectivity index (χ0) is 24.2. The molecule has 2 aromatic carbocycles. The van der Waals surface area contributed by atoms with Gasteiger partial charge >= 0.3 is 6.03 Å². The van der Waals surface area contributed by atoms with E-state index in [1.165, 1.54) is 7.05 Å². The third kappa shape index (κ3) is 5.12. The molecular formula is C26H31N5O3. The molecule has 1 aromatic heterocycles. The summed E-state index contributed by atoms with van der Waals surface area (Å²) in [5, 5.41) is 6.77. The van der Waals surface area contributed by atoms with Gasteiger partial charge in [-0.15, -0.1) is 0 Å². The minimum Gasteiger partial charge on any atom is -0.350 e. The normalized spacial score (nSPS) is 15.9. The van der Waals surface area contributed by atoms with Crippen LogP contribution < -0.4 is 10.6 Å². The van der Waals surface area contributed by atoms with Crippen molar-refractivity contribution >= 4 is 28.7 Å². The molecule has 1 unspecified atom stereocenters. The largest absolute Gasteiger partial charge is 0.350 e. The smallest absolute Gasteiger partial charge is 0.324 e. The van der Waals surface area contributed by atoms with Crippen LogP contribution in [0, 0.1) is 0 Å². The van der Waals surface area contributed by atoms with Gasteiger partial charge in [-0.05, 0) is 62.2 Å². The molecule has 2 heterocycles. The summed E-state index contributed by atoms with van der Waals surface area (Å²) in [5.41, 5.74) is 4.59. The molecule has 34 heavy (non-hydrogen) atoms. The number of benzene rings is 2. The quantitative estimate of drug-likeness (QED) is 0.427. The number of aromatic nitrogens is 1. The van der Waals surface area contributed by atoms with Crippen molar-refractivity contribution in [1.82, 2.24) is 25.4 Å². The van der Waals surface area contributed by atoms with Gasteiger partial charge in [0.05, 0.1) is 0 Å². The number of fused-ring (bicyclic) bond motifs is 1. The lowest BCUT2D eigenvalue weighted by Crippen LogP contribution is -2.29. The van der Waals surface area contributed by atoms with Gasteiger partial charge in [0.25, 0.3) is 11.8 Å². The molecule has 1 atom stereocenters. The van der Waals surface area contributed by atoms with E-state index in [0.29, 0.717) is 25.1 Å². The van der Waals surface area contributed by atoms with Crippen molar-refractivity contribution in [1.29, 1.82) is 0 Å². The predicted octanol–water partition coefficient (Wildman–Crippen LogP) is 2.68. The first-order valence-corrected chi connectivity index (χ1v) is 11.5. The molecule has 8 heteroatoms. The van der Waals surface area contributed by atoms with Gasteiger partial charge in [0.2, 0.25) is 0 Å². The van der Waals surface area contributed by atoms with Crippen LogP contribution in [0.2, 0.25) is 0 Å². The van der Waals surface area contributed by atoms with Gasteiger partial charge in [0.15, 0.2) is 0 Å². The number of hydrogen-bond acceptors (Lipinski definition) is 4. The van der Waals surface area contributed by atoms with Gasteiger partial charge in [0.1, 0.15) is 11.7 Å². The first-order chi connectivity index (χ1) is 16.3. The second-order valence-corrected chi connectivity index (χ2v) is 9.02. The Morgan fingerprint density at radius 2 is 1.82 bits per heavy atom. The summed E-state index contributed by atoms with van der Waals surface area (Å²) in [7, 11) is 5.52. The van der Waals surface area contributed by atoms with Gasteiger partial charge in [-0.25, -0.2) is 4.79 Å². The number of carbonyl (C=O) groups is 3. The van der Waals surface area contributed by atoms with Crippen LogP contribution in [0.3, 0.4) is 0 Å². The number of rotatable bonds is 9. The second-order valence-electron chi connectivity index (χ2n) is 9.02. The number of nitrogens with zero attached hydrogens (tertiary/aromatic N) is 2. The van der Waals surface area contributed by atoms with Crippen molar-refractivity contribution in [2.24, 2.45) is 0 Å². The van der Waals surface area contributed by atoms with Crippen molar-refractivity contribution < 1.29 is 14.4 Å². The average Bonchev–Trinajstić information content (AvgIpc) is 3.32. The first-order valence-electron chi connectivity index (χ1n) is 11.5. The molecule has 1 saturated heterocycles. The third-order valence-corrected chi connectivity index (χ3v) is 6.26. The molecule has 8 nitrogen and oxygen atoms in total. The van der Waals surface area contributed by atoms with Crippen molar-refractivity contribution in [3.05, 3.63) is 70.9 Å². The first kappa shape index (κ1) is 23.5. The fraction of sp³-hybridized carbons (Fsp3) is 0.346. The minimum absolute atomic E-state index is 0.127. The van der Waals surface area contributed by atoms with E-state index >= 15 is 0 Å². The number of carbonyl (C=O) groups excluding carboxylic acids is 3. The third-order valence-electron chi connectivity index (χ3n) is 6.26. The van der Waals surface area contributed by atoms with Crippen LogP contribution in [0.5, 0.6) is 0 Å². The van der Waals surface area contributed by atoms with Gasteiger partial charge in [-0.2, -0.15) is 0 Å². The second kappa shape index (κ2) is 10.1. The van der Waals surface area contributed by atoms with Gasteiger partial charge in [-0.1, -0.05) is 36.4 Å². The van der Waals surface area contributed by atoms with Crippen molar-refractivity contribution in [2.75, 3.05) is 27.7 Å². The Morgan fingerprint density at radius 3 is 2.50 bits per heavy atom. The number of nitrogens with one attached hydrogen (secondary N) is 3. The summed E-state index contributed by atoms with van der Waals surface area (Å²) in [6, 6.07) is 15.1. The molecule has 0 saturated carbocycles. The van der Waals surface area contributed by atoms with E-state index in [1.807, 2.05) is 56.6 Å². The molecule has 0 spiro atoms. The van der Waals surface area contributed by atoms with E-state index in [9.17, 15) is 14.4 Å². The standard InChI is InChI=1S/C26H31N5O3/c1-30(2)14-13-19-20-15-17(10-12-22-25(33)31(3)26(34)29-22)9-11-21(20)28-23(19)24(32)27-16-18-7-5-4-6-8-18/h4-9,11,15,22,28H,10,12-14,16H2,1-3H3,(H,27,32)(H,29,34). The molecule has 0 bridgehead atoms. The van der Waals surface area contributed by atoms with E-state index in [-0.39, 0.29) is 17.8 Å². The molecule has 3 aromatic rings. The van der Waals surface area contributed by atoms with E-state index in [0.717, 1.165) is 45.5 Å². The highest BCUT2D eigenvalue weighted by atomic mass is 16.2. The SMILES string of the molecule is CN(C)CCc1c(C(=O)NCc2ccccc2)[nH]c2ccc(CCC3NC(=O)N(C)C3=O)cc12. The number of amides is 4. The molecule has 1 fully saturated rings. The Kier molecular flexibility index (Phi) is 6.98. The summed E-state index contributed by atoms with van der Waals surface area (Å²) in [5.74, 6) is -0.325. The van der Waals surface area contributed by atoms with E-state index in [1.54, 1.807) is 0 Å². The highest BCUT2D eigenvalue weighted by Gasteiger charge is 2.34. The molecule has 1 aliphatic rings. The maximum atomic E-state index is 13.1. The average molecular weight is 462 g/mol. The van der Waals surface area contributed by atoms with Crippen LogP contribution in [-0.2, 0) is 24.2 Å². The van der Waals surface area contributed by atoms with Crippen molar-refractivity contribution in [2.45, 2.75) is 31.8 Å². The van der Waals surface area contributed by atoms with Crippen molar-refractivity contribution in [3.8, 4) is 0 Å². The molecular weight excluding hydrogens is 430 g/mol. The molecule has 178 valence electrons. The number of aryl methyl sites for hydroxylation is 1. The van der Waals surface area contributed by atoms with Crippen LogP contribution in [-0.4, -0.2) is 66.4 Å². The molecule has 0 radical (unpaired) electrons. The topological polar surface area (TPSA) is 97.5 Å². The number of imide groups is 1. The van der Waals surface area contributed by atoms with Crippen LogP contribution in [0.4, 0.5) is 4.79 Å². The number of aromatic amines is 1. The van der Waals surface area contributed by atoms with Crippen LogP contribution >= 0.6 is 0 Å². The Labute approximate surface area is 199 Å². The van der Waals surface area contributed by atoms with E-state index in [2.05, 4.69) is 26.6 Å². The molecule has 1 aliphatic heterocycles. The number of likely N-dealkylation sites (N-methyl/N-ethyl adjacent to an activating group) is 2. The lowest BCUT2D eigenvalue weighted by atomic mass is 10.0. The van der Waals surface area contributed by atoms with Gasteiger partial charge < -0.3 is 20.5 Å². The molecule has 4 rings (SSSR count). The lowest BCUT2D eigenvalue weighted by Gasteiger charge is -2.11. The van der Waals surface area contributed by atoms with Crippen LogP contribution in [0.25, 0.3) is 10.9 Å². The zero-order valence-corrected chi connectivity index (χ0v) is 19.9. The number of hydrogen-bond donors (Lipinski definition) is 3. The van der Waals surface area contributed by atoms with Crippen molar-refractivity contribution in [3.63, 3.8) is 0 Å². The monoisotopic (exact) mass is 461 g/mol. The Morgan fingerprint density at radius 1 is 1.06 bits per heavy atom. The molecule has 0 aliphatic carbocycles. The predicted molar refractivity (Wildman–Crippen MR) is 132 cm³/mol. The lowest BCUT2D eigenvalue weighted by molar-refractivity contribution is -0.126. The summed E-state index contributed by atoms with van der Waals surface area (Å²) < 4.78 is 0.